The minimum Gasteiger partial charge on any atom is -0.369 e. The Morgan fingerprint density at radius 3 is 2.81 bits per heavy atom. The molecule has 1 heterocycles. The lowest BCUT2D eigenvalue weighted by atomic mass is 10.0. The summed E-state index contributed by atoms with van der Waals surface area (Å²) in [6, 6.07) is 6.03. The molecular formula is C13H14N2O. The molecule has 1 aromatic carbocycles. The van der Waals surface area contributed by atoms with Gasteiger partial charge in [0.05, 0.1) is 11.9 Å². The number of hydrogen-bond donors (Lipinski definition) is 1. The van der Waals surface area contributed by atoms with Crippen LogP contribution < -0.4 is 5.73 Å². The van der Waals surface area contributed by atoms with Crippen LogP contribution in [0.2, 0.25) is 0 Å². The first-order valence-corrected chi connectivity index (χ1v) is 5.21. The molecule has 0 aliphatic rings. The number of benzene rings is 1. The first kappa shape index (κ1) is 10.6. The molecule has 0 unspecified atom stereocenters. The van der Waals surface area contributed by atoms with Crippen LogP contribution in [0.1, 0.15) is 16.7 Å². The highest BCUT2D eigenvalue weighted by molar-refractivity contribution is 5.89. The number of hydrogen-bond acceptors (Lipinski definition) is 2. The maximum absolute atomic E-state index is 11.0. The predicted octanol–water partition coefficient (Wildman–Crippen LogP) is 1.88. The van der Waals surface area contributed by atoms with E-state index in [9.17, 15) is 4.79 Å². The molecule has 1 aromatic heterocycles. The van der Waals surface area contributed by atoms with E-state index >= 15 is 0 Å². The minimum absolute atomic E-state index is 0.245. The van der Waals surface area contributed by atoms with Gasteiger partial charge >= 0.3 is 0 Å². The summed E-state index contributed by atoms with van der Waals surface area (Å²) in [5.41, 5.74) is 9.32. The molecule has 0 saturated heterocycles. The number of amides is 1. The van der Waals surface area contributed by atoms with Crippen molar-refractivity contribution in [2.75, 3.05) is 0 Å². The van der Waals surface area contributed by atoms with Gasteiger partial charge in [-0.1, -0.05) is 11.6 Å². The number of nitrogens with two attached hydrogens (primary N) is 1. The number of carbonyl (C=O) groups is 1. The Balaban J connectivity index is 2.72. The van der Waals surface area contributed by atoms with E-state index in [-0.39, 0.29) is 12.3 Å². The zero-order valence-electron chi connectivity index (χ0n) is 9.45. The Morgan fingerprint density at radius 2 is 2.12 bits per heavy atom. The van der Waals surface area contributed by atoms with Gasteiger partial charge in [0.15, 0.2) is 0 Å². The fourth-order valence-electron chi connectivity index (χ4n) is 1.94. The predicted molar refractivity (Wildman–Crippen MR) is 64.1 cm³/mol. The van der Waals surface area contributed by atoms with Crippen molar-refractivity contribution in [3.63, 3.8) is 0 Å². The van der Waals surface area contributed by atoms with Gasteiger partial charge in [-0.15, -0.1) is 0 Å². The highest BCUT2D eigenvalue weighted by Crippen LogP contribution is 2.22. The van der Waals surface area contributed by atoms with E-state index in [2.05, 4.69) is 11.1 Å². The Morgan fingerprint density at radius 1 is 1.38 bits per heavy atom. The number of pyridine rings is 1. The molecular weight excluding hydrogens is 200 g/mol. The van der Waals surface area contributed by atoms with Gasteiger partial charge in [-0.05, 0) is 37.1 Å². The molecule has 16 heavy (non-hydrogen) atoms. The largest absolute Gasteiger partial charge is 0.369 e. The smallest absolute Gasteiger partial charge is 0.221 e. The van der Waals surface area contributed by atoms with Crippen molar-refractivity contribution < 1.29 is 4.79 Å². The van der Waals surface area contributed by atoms with Crippen molar-refractivity contribution in [1.82, 2.24) is 4.98 Å². The standard InChI is InChI=1S/C13H14N2O/c1-8-5-10(7-12(14)16)13-11(6-8)9(2)3-4-15-13/h3-6H,7H2,1-2H3,(H2,14,16). The van der Waals surface area contributed by atoms with E-state index in [1.165, 1.54) is 5.56 Å². The molecule has 82 valence electrons. The Labute approximate surface area is 94.3 Å². The van der Waals surface area contributed by atoms with Crippen LogP contribution in [0.25, 0.3) is 10.9 Å². The molecule has 0 saturated carbocycles. The van der Waals surface area contributed by atoms with Gasteiger partial charge in [-0.3, -0.25) is 9.78 Å². The van der Waals surface area contributed by atoms with Crippen LogP contribution >= 0.6 is 0 Å². The molecule has 0 bridgehead atoms. The second kappa shape index (κ2) is 3.93. The SMILES string of the molecule is Cc1cc(CC(N)=O)c2nccc(C)c2c1. The summed E-state index contributed by atoms with van der Waals surface area (Å²) in [5, 5.41) is 1.10. The third-order valence-corrected chi connectivity index (χ3v) is 2.65. The van der Waals surface area contributed by atoms with E-state index < -0.39 is 0 Å². The minimum atomic E-state index is -0.324. The monoisotopic (exact) mass is 214 g/mol. The summed E-state index contributed by atoms with van der Waals surface area (Å²) in [4.78, 5) is 15.3. The number of aryl methyl sites for hydroxylation is 2. The topological polar surface area (TPSA) is 56.0 Å². The van der Waals surface area contributed by atoms with Crippen LogP contribution in [0.4, 0.5) is 0 Å². The zero-order valence-corrected chi connectivity index (χ0v) is 9.45. The average molecular weight is 214 g/mol. The fourth-order valence-corrected chi connectivity index (χ4v) is 1.94. The summed E-state index contributed by atoms with van der Waals surface area (Å²) in [6.45, 7) is 4.05. The van der Waals surface area contributed by atoms with E-state index in [0.717, 1.165) is 22.0 Å². The number of aromatic nitrogens is 1. The number of fused-ring (bicyclic) bond motifs is 1. The van der Waals surface area contributed by atoms with Crippen LogP contribution in [0.5, 0.6) is 0 Å². The van der Waals surface area contributed by atoms with Crippen LogP contribution in [0.3, 0.4) is 0 Å². The summed E-state index contributed by atoms with van der Waals surface area (Å²) in [5.74, 6) is -0.324. The molecule has 0 atom stereocenters. The fraction of sp³-hybridized carbons (Fsp3) is 0.231. The molecule has 3 nitrogen and oxygen atoms in total. The van der Waals surface area contributed by atoms with Crippen LogP contribution in [-0.4, -0.2) is 10.9 Å². The molecule has 2 N–H and O–H groups in total. The van der Waals surface area contributed by atoms with Crippen molar-refractivity contribution in [2.24, 2.45) is 5.73 Å². The van der Waals surface area contributed by atoms with Gasteiger partial charge in [0.1, 0.15) is 0 Å². The van der Waals surface area contributed by atoms with Crippen molar-refractivity contribution in [3.05, 3.63) is 41.1 Å². The maximum atomic E-state index is 11.0. The van der Waals surface area contributed by atoms with Crippen molar-refractivity contribution >= 4 is 16.8 Å². The van der Waals surface area contributed by atoms with Crippen LogP contribution in [0, 0.1) is 13.8 Å². The molecule has 0 radical (unpaired) electrons. The third kappa shape index (κ3) is 1.89. The van der Waals surface area contributed by atoms with Gasteiger partial charge < -0.3 is 5.73 Å². The molecule has 2 aromatic rings. The summed E-state index contributed by atoms with van der Waals surface area (Å²) < 4.78 is 0. The number of rotatable bonds is 2. The lowest BCUT2D eigenvalue weighted by molar-refractivity contribution is -0.117. The Kier molecular flexibility index (Phi) is 2.60. The molecule has 0 aliphatic carbocycles. The van der Waals surface area contributed by atoms with Gasteiger partial charge in [0.2, 0.25) is 5.91 Å². The summed E-state index contributed by atoms with van der Waals surface area (Å²) >= 11 is 0. The first-order valence-electron chi connectivity index (χ1n) is 5.21. The van der Waals surface area contributed by atoms with E-state index in [1.807, 2.05) is 26.0 Å². The normalized spacial score (nSPS) is 10.6. The van der Waals surface area contributed by atoms with Crippen LogP contribution in [-0.2, 0) is 11.2 Å². The van der Waals surface area contributed by atoms with E-state index in [1.54, 1.807) is 6.20 Å². The van der Waals surface area contributed by atoms with Crippen LogP contribution in [0.15, 0.2) is 24.4 Å². The van der Waals surface area contributed by atoms with Gasteiger partial charge in [0.25, 0.3) is 0 Å². The molecule has 3 heteroatoms. The van der Waals surface area contributed by atoms with E-state index in [0.29, 0.717) is 0 Å². The van der Waals surface area contributed by atoms with Gasteiger partial charge in [-0.25, -0.2) is 0 Å². The summed E-state index contributed by atoms with van der Waals surface area (Å²) in [6.07, 6.45) is 2.01. The highest BCUT2D eigenvalue weighted by Gasteiger charge is 2.07. The lowest BCUT2D eigenvalue weighted by Crippen LogP contribution is -2.14. The molecule has 2 rings (SSSR count). The zero-order chi connectivity index (χ0) is 11.7. The third-order valence-electron chi connectivity index (χ3n) is 2.65. The van der Waals surface area contributed by atoms with Crippen molar-refractivity contribution in [3.8, 4) is 0 Å². The summed E-state index contributed by atoms with van der Waals surface area (Å²) in [7, 11) is 0. The van der Waals surface area contributed by atoms with Gasteiger partial charge in [-0.2, -0.15) is 0 Å². The van der Waals surface area contributed by atoms with E-state index in [4.69, 9.17) is 5.73 Å². The average Bonchev–Trinajstić information content (AvgIpc) is 2.18. The highest BCUT2D eigenvalue weighted by atomic mass is 16.1. The lowest BCUT2D eigenvalue weighted by Gasteiger charge is -2.07. The van der Waals surface area contributed by atoms with Gasteiger partial charge in [0, 0.05) is 11.6 Å². The quantitative estimate of drug-likeness (QED) is 0.829. The molecule has 0 fully saturated rings. The van der Waals surface area contributed by atoms with Crippen molar-refractivity contribution in [1.29, 1.82) is 0 Å². The Bertz CT molecular complexity index is 561. The number of nitrogens with zero attached hydrogens (tertiary/aromatic N) is 1. The second-order valence-corrected chi connectivity index (χ2v) is 4.09. The maximum Gasteiger partial charge on any atom is 0.221 e. The molecule has 1 amide bonds. The Hall–Kier alpha value is -1.90. The molecule has 0 aliphatic heterocycles. The number of carbonyl (C=O) groups excluding carboxylic acids is 1. The molecule has 0 spiro atoms. The van der Waals surface area contributed by atoms with Crippen molar-refractivity contribution in [2.45, 2.75) is 20.3 Å². The second-order valence-electron chi connectivity index (χ2n) is 4.09. The number of primary amides is 1. The first-order chi connectivity index (χ1) is 7.58.